The molecule has 8 heteroatoms. The number of hydrogen-bond acceptors (Lipinski definition) is 5. The van der Waals surface area contributed by atoms with E-state index in [9.17, 15) is 18.4 Å². The molecule has 0 bridgehead atoms. The van der Waals surface area contributed by atoms with Crippen LogP contribution < -0.4 is 10.2 Å². The molecule has 3 aliphatic rings. The van der Waals surface area contributed by atoms with E-state index >= 15 is 0 Å². The highest BCUT2D eigenvalue weighted by atomic mass is 19.1. The number of carbonyl (C=O) groups excluding carboxylic acids is 2. The minimum atomic E-state index is -0.664. The molecule has 3 heterocycles. The molecular weight excluding hydrogens is 404 g/mol. The number of esters is 1. The lowest BCUT2D eigenvalue weighted by Gasteiger charge is -2.36. The highest BCUT2D eigenvalue weighted by Crippen LogP contribution is 2.47. The first-order chi connectivity index (χ1) is 14.9. The van der Waals surface area contributed by atoms with Gasteiger partial charge in [-0.3, -0.25) is 9.78 Å². The van der Waals surface area contributed by atoms with Gasteiger partial charge >= 0.3 is 5.97 Å². The second kappa shape index (κ2) is 7.59. The van der Waals surface area contributed by atoms with Crippen LogP contribution in [0.2, 0.25) is 0 Å². The van der Waals surface area contributed by atoms with E-state index in [0.29, 0.717) is 50.0 Å². The van der Waals surface area contributed by atoms with Crippen molar-refractivity contribution in [1.82, 2.24) is 10.3 Å². The molecule has 5 rings (SSSR count). The summed E-state index contributed by atoms with van der Waals surface area (Å²) in [7, 11) is 0. The molecule has 162 valence electrons. The Morgan fingerprint density at radius 3 is 2.65 bits per heavy atom. The van der Waals surface area contributed by atoms with Crippen LogP contribution in [0.1, 0.15) is 48.0 Å². The number of pyridine rings is 1. The van der Waals surface area contributed by atoms with Gasteiger partial charge in [0.05, 0.1) is 5.56 Å². The third kappa shape index (κ3) is 3.64. The van der Waals surface area contributed by atoms with Crippen molar-refractivity contribution >= 4 is 17.6 Å². The van der Waals surface area contributed by atoms with Crippen molar-refractivity contribution in [3.05, 3.63) is 59.4 Å². The van der Waals surface area contributed by atoms with Crippen molar-refractivity contribution in [2.75, 3.05) is 18.0 Å². The fourth-order valence-corrected chi connectivity index (χ4v) is 5.09. The fraction of sp³-hybridized carbons (Fsp3) is 0.435. The number of aromatic nitrogens is 1. The lowest BCUT2D eigenvalue weighted by Crippen LogP contribution is -2.43. The number of rotatable bonds is 3. The topological polar surface area (TPSA) is 71.5 Å². The van der Waals surface area contributed by atoms with E-state index in [1.165, 1.54) is 12.1 Å². The quantitative estimate of drug-likeness (QED) is 0.761. The van der Waals surface area contributed by atoms with Crippen LogP contribution in [0.25, 0.3) is 0 Å². The van der Waals surface area contributed by atoms with Gasteiger partial charge in [0.15, 0.2) is 0 Å². The van der Waals surface area contributed by atoms with E-state index in [2.05, 4.69) is 10.3 Å². The molecular formula is C23H23F2N3O3. The summed E-state index contributed by atoms with van der Waals surface area (Å²) >= 11 is 0. The molecule has 1 aromatic carbocycles. The van der Waals surface area contributed by atoms with E-state index in [1.54, 1.807) is 18.5 Å². The van der Waals surface area contributed by atoms with Gasteiger partial charge in [0, 0.05) is 54.8 Å². The van der Waals surface area contributed by atoms with E-state index in [1.807, 2.05) is 4.90 Å². The summed E-state index contributed by atoms with van der Waals surface area (Å²) in [5.74, 6) is -1.69. The summed E-state index contributed by atoms with van der Waals surface area (Å²) in [6.07, 6.45) is 6.43. The van der Waals surface area contributed by atoms with Crippen molar-refractivity contribution in [2.45, 2.75) is 43.7 Å². The second-order valence-corrected chi connectivity index (χ2v) is 8.65. The van der Waals surface area contributed by atoms with E-state index in [4.69, 9.17) is 4.74 Å². The lowest BCUT2D eigenvalue weighted by molar-refractivity contribution is -0.128. The SMILES string of the molecule is O=C1OC2(CCC(C(=O)NC3CCN(c4cc(F)cc(F)c4)C3)CC2)c2cnccc21. The van der Waals surface area contributed by atoms with Crippen LogP contribution in [0, 0.1) is 17.6 Å². The summed E-state index contributed by atoms with van der Waals surface area (Å²) in [5, 5.41) is 3.10. The van der Waals surface area contributed by atoms with Gasteiger partial charge in [-0.2, -0.15) is 0 Å². The number of fused-ring (bicyclic) bond motifs is 2. The molecule has 2 aliphatic heterocycles. The van der Waals surface area contributed by atoms with Gasteiger partial charge in [0.25, 0.3) is 0 Å². The monoisotopic (exact) mass is 427 g/mol. The molecule has 1 aromatic heterocycles. The molecule has 2 fully saturated rings. The Morgan fingerprint density at radius 1 is 1.16 bits per heavy atom. The number of nitrogens with zero attached hydrogens (tertiary/aromatic N) is 2. The largest absolute Gasteiger partial charge is 0.450 e. The molecule has 1 unspecified atom stereocenters. The van der Waals surface area contributed by atoms with Crippen LogP contribution in [-0.2, 0) is 15.1 Å². The van der Waals surface area contributed by atoms with Gasteiger partial charge < -0.3 is 15.0 Å². The summed E-state index contributed by atoms with van der Waals surface area (Å²) < 4.78 is 32.7. The molecule has 2 aromatic rings. The van der Waals surface area contributed by atoms with Crippen molar-refractivity contribution in [3.63, 3.8) is 0 Å². The van der Waals surface area contributed by atoms with Gasteiger partial charge in [-0.25, -0.2) is 13.6 Å². The highest BCUT2D eigenvalue weighted by Gasteiger charge is 2.48. The zero-order valence-corrected chi connectivity index (χ0v) is 16.9. The van der Waals surface area contributed by atoms with Gasteiger partial charge in [0.2, 0.25) is 5.91 Å². The zero-order valence-electron chi connectivity index (χ0n) is 16.9. The third-order valence-electron chi connectivity index (χ3n) is 6.73. The Balaban J connectivity index is 1.18. The van der Waals surface area contributed by atoms with Crippen LogP contribution >= 0.6 is 0 Å². The zero-order chi connectivity index (χ0) is 21.6. The number of hydrogen-bond donors (Lipinski definition) is 1. The molecule has 0 radical (unpaired) electrons. The first-order valence-corrected chi connectivity index (χ1v) is 10.6. The van der Waals surface area contributed by atoms with Crippen LogP contribution in [0.4, 0.5) is 14.5 Å². The number of ether oxygens (including phenoxy) is 1. The van der Waals surface area contributed by atoms with Crippen molar-refractivity contribution in [1.29, 1.82) is 0 Å². The predicted molar refractivity (Wildman–Crippen MR) is 108 cm³/mol. The maximum atomic E-state index is 13.5. The maximum absolute atomic E-state index is 13.5. The first kappa shape index (κ1) is 19.9. The summed E-state index contributed by atoms with van der Waals surface area (Å²) in [6.45, 7) is 1.14. The van der Waals surface area contributed by atoms with Gasteiger partial charge in [-0.15, -0.1) is 0 Å². The van der Waals surface area contributed by atoms with Crippen molar-refractivity contribution in [2.24, 2.45) is 5.92 Å². The molecule has 1 spiro atoms. The number of anilines is 1. The normalized spacial score (nSPS) is 27.3. The van der Waals surface area contributed by atoms with Gasteiger partial charge in [-0.05, 0) is 50.3 Å². The molecule has 1 aliphatic carbocycles. The smallest absolute Gasteiger partial charge is 0.339 e. The van der Waals surface area contributed by atoms with E-state index in [-0.39, 0.29) is 23.8 Å². The number of amides is 1. The lowest BCUT2D eigenvalue weighted by atomic mass is 9.75. The minimum absolute atomic E-state index is 0.0112. The standard InChI is InChI=1S/C23H23F2N3O3/c24-15-9-16(25)11-18(10-15)28-8-4-17(13-28)27-21(29)14-1-5-23(6-2-14)20-12-26-7-3-19(20)22(30)31-23/h3,7,9-12,14,17H,1-2,4-6,8,13H2,(H,27,29). The number of benzene rings is 1. The Morgan fingerprint density at radius 2 is 1.90 bits per heavy atom. The van der Waals surface area contributed by atoms with Gasteiger partial charge in [0.1, 0.15) is 17.2 Å². The third-order valence-corrected chi connectivity index (χ3v) is 6.73. The number of nitrogens with one attached hydrogen (secondary N) is 1. The summed E-state index contributed by atoms with van der Waals surface area (Å²) in [4.78, 5) is 31.1. The molecule has 1 amide bonds. The molecule has 1 saturated heterocycles. The summed E-state index contributed by atoms with van der Waals surface area (Å²) in [5.41, 5.74) is 1.22. The Bertz CT molecular complexity index is 1020. The van der Waals surface area contributed by atoms with Crippen LogP contribution in [-0.4, -0.2) is 36.0 Å². The van der Waals surface area contributed by atoms with Crippen LogP contribution in [0.5, 0.6) is 0 Å². The highest BCUT2D eigenvalue weighted by molar-refractivity contribution is 5.94. The second-order valence-electron chi connectivity index (χ2n) is 8.65. The fourth-order valence-electron chi connectivity index (χ4n) is 5.09. The summed E-state index contributed by atoms with van der Waals surface area (Å²) in [6, 6.07) is 5.09. The predicted octanol–water partition coefficient (Wildman–Crippen LogP) is 3.31. The molecule has 31 heavy (non-hydrogen) atoms. The average molecular weight is 427 g/mol. The first-order valence-electron chi connectivity index (χ1n) is 10.6. The van der Waals surface area contributed by atoms with Crippen molar-refractivity contribution < 1.29 is 23.1 Å². The maximum Gasteiger partial charge on any atom is 0.339 e. The van der Waals surface area contributed by atoms with E-state index < -0.39 is 17.2 Å². The Labute approximate surface area is 178 Å². The molecule has 6 nitrogen and oxygen atoms in total. The van der Waals surface area contributed by atoms with Crippen LogP contribution in [0.15, 0.2) is 36.7 Å². The van der Waals surface area contributed by atoms with Crippen LogP contribution in [0.3, 0.4) is 0 Å². The number of halogens is 2. The Kier molecular flexibility index (Phi) is 4.87. The van der Waals surface area contributed by atoms with Gasteiger partial charge in [-0.1, -0.05) is 0 Å². The average Bonchev–Trinajstić information content (AvgIpc) is 3.31. The van der Waals surface area contributed by atoms with E-state index in [0.717, 1.165) is 18.1 Å². The molecule has 1 N–H and O–H groups in total. The minimum Gasteiger partial charge on any atom is -0.450 e. The molecule has 1 atom stereocenters. The van der Waals surface area contributed by atoms with Crippen molar-refractivity contribution in [3.8, 4) is 0 Å². The number of carbonyl (C=O) groups is 2. The Hall–Kier alpha value is -3.03. The molecule has 1 saturated carbocycles.